The van der Waals surface area contributed by atoms with Gasteiger partial charge in [-0.05, 0) is 44.8 Å². The highest BCUT2D eigenvalue weighted by atomic mass is 32.1. The lowest BCUT2D eigenvalue weighted by Crippen LogP contribution is -2.39. The van der Waals surface area contributed by atoms with Crippen molar-refractivity contribution in [3.05, 3.63) is 22.4 Å². The third-order valence-corrected chi connectivity index (χ3v) is 3.90. The average molecular weight is 224 g/mol. The maximum atomic E-state index is 3.71. The third-order valence-electron chi connectivity index (χ3n) is 3.00. The third kappa shape index (κ3) is 3.30. The zero-order chi connectivity index (χ0) is 10.7. The molecular weight excluding hydrogens is 204 g/mol. The number of hydrogen-bond acceptors (Lipinski definition) is 3. The van der Waals surface area contributed by atoms with E-state index < -0.39 is 0 Å². The Kier molecular flexibility index (Phi) is 3.78. The van der Waals surface area contributed by atoms with Crippen LogP contribution in [0.15, 0.2) is 17.5 Å². The van der Waals surface area contributed by atoms with Gasteiger partial charge in [0, 0.05) is 23.5 Å². The normalized spacial score (nSPS) is 24.5. The second kappa shape index (κ2) is 5.10. The van der Waals surface area contributed by atoms with Crippen LogP contribution in [-0.4, -0.2) is 37.1 Å². The van der Waals surface area contributed by atoms with Crippen molar-refractivity contribution >= 4 is 11.3 Å². The minimum atomic E-state index is 0.597. The number of nitrogens with one attached hydrogen (secondary N) is 1. The van der Waals surface area contributed by atoms with Crippen molar-refractivity contribution in [2.75, 3.05) is 20.1 Å². The lowest BCUT2D eigenvalue weighted by atomic mass is 10.1. The van der Waals surface area contributed by atoms with Crippen LogP contribution in [0.3, 0.4) is 0 Å². The molecule has 2 atom stereocenters. The number of rotatable bonds is 4. The van der Waals surface area contributed by atoms with E-state index in [-0.39, 0.29) is 0 Å². The second-order valence-corrected chi connectivity index (χ2v) is 5.63. The van der Waals surface area contributed by atoms with E-state index in [2.05, 4.69) is 41.7 Å². The van der Waals surface area contributed by atoms with Gasteiger partial charge < -0.3 is 10.2 Å². The molecule has 84 valence electrons. The summed E-state index contributed by atoms with van der Waals surface area (Å²) < 4.78 is 0. The van der Waals surface area contributed by atoms with Crippen LogP contribution in [0.1, 0.15) is 18.2 Å². The number of likely N-dealkylation sites (N-methyl/N-ethyl adjacent to an activating group) is 1. The van der Waals surface area contributed by atoms with Gasteiger partial charge in [-0.15, -0.1) is 11.3 Å². The first-order chi connectivity index (χ1) is 7.24. The summed E-state index contributed by atoms with van der Waals surface area (Å²) in [7, 11) is 2.20. The maximum Gasteiger partial charge on any atom is 0.0209 e. The number of nitrogens with zero attached hydrogens (tertiary/aromatic N) is 1. The number of thiophene rings is 1. The predicted octanol–water partition coefficient (Wildman–Crippen LogP) is 1.97. The van der Waals surface area contributed by atoms with Crippen molar-refractivity contribution in [2.24, 2.45) is 0 Å². The van der Waals surface area contributed by atoms with Crippen molar-refractivity contribution in [3.63, 3.8) is 0 Å². The molecule has 15 heavy (non-hydrogen) atoms. The average Bonchev–Trinajstić information content (AvgIpc) is 2.77. The first-order valence-corrected chi connectivity index (χ1v) is 6.59. The molecule has 1 aromatic rings. The van der Waals surface area contributed by atoms with Crippen LogP contribution >= 0.6 is 11.3 Å². The van der Waals surface area contributed by atoms with Gasteiger partial charge in [0.15, 0.2) is 0 Å². The van der Waals surface area contributed by atoms with Crippen LogP contribution in [-0.2, 0) is 6.42 Å². The summed E-state index contributed by atoms with van der Waals surface area (Å²) in [5.74, 6) is 0. The summed E-state index contributed by atoms with van der Waals surface area (Å²) in [6, 6.07) is 5.66. The first kappa shape index (κ1) is 11.1. The molecule has 0 aromatic carbocycles. The van der Waals surface area contributed by atoms with E-state index in [1.807, 2.05) is 11.3 Å². The Morgan fingerprint density at radius 3 is 3.13 bits per heavy atom. The summed E-state index contributed by atoms with van der Waals surface area (Å²) in [4.78, 5) is 3.89. The summed E-state index contributed by atoms with van der Waals surface area (Å²) in [6.45, 7) is 4.73. The Morgan fingerprint density at radius 2 is 2.53 bits per heavy atom. The van der Waals surface area contributed by atoms with Crippen LogP contribution in [0.5, 0.6) is 0 Å². The van der Waals surface area contributed by atoms with E-state index in [0.29, 0.717) is 12.1 Å². The largest absolute Gasteiger partial charge is 0.310 e. The monoisotopic (exact) mass is 224 g/mol. The van der Waals surface area contributed by atoms with Crippen molar-refractivity contribution in [1.82, 2.24) is 10.2 Å². The van der Waals surface area contributed by atoms with Crippen LogP contribution in [0.2, 0.25) is 0 Å². The highest BCUT2D eigenvalue weighted by molar-refractivity contribution is 7.09. The van der Waals surface area contributed by atoms with Gasteiger partial charge in [-0.1, -0.05) is 6.07 Å². The Bertz CT molecular complexity index is 284. The Balaban J connectivity index is 1.75. The molecule has 1 saturated heterocycles. The fourth-order valence-electron chi connectivity index (χ4n) is 2.26. The van der Waals surface area contributed by atoms with Gasteiger partial charge in [0.2, 0.25) is 0 Å². The number of hydrogen-bond donors (Lipinski definition) is 1. The molecule has 1 N–H and O–H groups in total. The summed E-state index contributed by atoms with van der Waals surface area (Å²) in [5.41, 5.74) is 0. The highest BCUT2D eigenvalue weighted by Crippen LogP contribution is 2.13. The van der Waals surface area contributed by atoms with Crippen molar-refractivity contribution in [2.45, 2.75) is 31.8 Å². The van der Waals surface area contributed by atoms with Crippen LogP contribution in [0, 0.1) is 0 Å². The quantitative estimate of drug-likeness (QED) is 0.841. The van der Waals surface area contributed by atoms with E-state index in [9.17, 15) is 0 Å². The second-order valence-electron chi connectivity index (χ2n) is 4.60. The standard InChI is InChI=1S/C12H20N2S/c1-10(8-12-4-3-7-15-12)13-11-5-6-14(2)9-11/h3-4,7,10-11,13H,5-6,8-9H2,1-2H3. The SMILES string of the molecule is CC(Cc1cccs1)NC1CCN(C)C1. The highest BCUT2D eigenvalue weighted by Gasteiger charge is 2.20. The molecular formula is C12H20N2S. The van der Waals surface area contributed by atoms with E-state index in [1.54, 1.807) is 0 Å². The van der Waals surface area contributed by atoms with E-state index in [0.717, 1.165) is 6.42 Å². The maximum absolute atomic E-state index is 3.71. The zero-order valence-electron chi connectivity index (χ0n) is 9.57. The smallest absolute Gasteiger partial charge is 0.0209 e. The van der Waals surface area contributed by atoms with E-state index in [4.69, 9.17) is 0 Å². The predicted molar refractivity (Wildman–Crippen MR) is 66.5 cm³/mol. The van der Waals surface area contributed by atoms with Gasteiger partial charge in [-0.3, -0.25) is 0 Å². The van der Waals surface area contributed by atoms with Gasteiger partial charge in [0.1, 0.15) is 0 Å². The Hall–Kier alpha value is -0.380. The molecule has 0 saturated carbocycles. The first-order valence-electron chi connectivity index (χ1n) is 5.71. The molecule has 2 rings (SSSR count). The Morgan fingerprint density at radius 1 is 1.67 bits per heavy atom. The number of likely N-dealkylation sites (tertiary alicyclic amines) is 1. The van der Waals surface area contributed by atoms with E-state index in [1.165, 1.54) is 24.4 Å². The van der Waals surface area contributed by atoms with Gasteiger partial charge >= 0.3 is 0 Å². The fourth-order valence-corrected chi connectivity index (χ4v) is 3.10. The minimum absolute atomic E-state index is 0.597. The topological polar surface area (TPSA) is 15.3 Å². The van der Waals surface area contributed by atoms with Gasteiger partial charge in [-0.25, -0.2) is 0 Å². The van der Waals surface area contributed by atoms with Crippen molar-refractivity contribution < 1.29 is 0 Å². The van der Waals surface area contributed by atoms with Gasteiger partial charge in [0.25, 0.3) is 0 Å². The molecule has 0 radical (unpaired) electrons. The summed E-state index contributed by atoms with van der Waals surface area (Å²) in [6.07, 6.45) is 2.46. The van der Waals surface area contributed by atoms with Crippen LogP contribution in [0.25, 0.3) is 0 Å². The molecule has 2 unspecified atom stereocenters. The molecule has 2 heterocycles. The lowest BCUT2D eigenvalue weighted by Gasteiger charge is -2.18. The van der Waals surface area contributed by atoms with Gasteiger partial charge in [0.05, 0.1) is 0 Å². The Labute approximate surface area is 96.3 Å². The molecule has 2 nitrogen and oxygen atoms in total. The molecule has 0 spiro atoms. The molecule has 1 aliphatic rings. The summed E-state index contributed by atoms with van der Waals surface area (Å²) >= 11 is 1.86. The molecule has 1 fully saturated rings. The zero-order valence-corrected chi connectivity index (χ0v) is 10.4. The van der Waals surface area contributed by atoms with Crippen LogP contribution < -0.4 is 5.32 Å². The van der Waals surface area contributed by atoms with Gasteiger partial charge in [-0.2, -0.15) is 0 Å². The van der Waals surface area contributed by atoms with E-state index >= 15 is 0 Å². The molecule has 0 bridgehead atoms. The van der Waals surface area contributed by atoms with Crippen LogP contribution in [0.4, 0.5) is 0 Å². The lowest BCUT2D eigenvalue weighted by molar-refractivity contribution is 0.385. The molecule has 3 heteroatoms. The molecule has 0 amide bonds. The van der Waals surface area contributed by atoms with Crippen molar-refractivity contribution in [3.8, 4) is 0 Å². The van der Waals surface area contributed by atoms with Crippen molar-refractivity contribution in [1.29, 1.82) is 0 Å². The minimum Gasteiger partial charge on any atom is -0.310 e. The molecule has 0 aliphatic carbocycles. The fraction of sp³-hybridized carbons (Fsp3) is 0.667. The molecule has 1 aliphatic heterocycles. The summed E-state index contributed by atoms with van der Waals surface area (Å²) in [5, 5.41) is 5.87. The molecule has 1 aromatic heterocycles.